The molecule has 0 radical (unpaired) electrons. The molecule has 1 heterocycles. The van der Waals surface area contributed by atoms with Gasteiger partial charge in [-0.2, -0.15) is 0 Å². The highest BCUT2D eigenvalue weighted by atomic mass is 19.3. The lowest BCUT2D eigenvalue weighted by Gasteiger charge is -2.30. The highest BCUT2D eigenvalue weighted by Gasteiger charge is 2.25. The fourth-order valence-corrected chi connectivity index (χ4v) is 1.45. The fourth-order valence-electron chi connectivity index (χ4n) is 1.45. The van der Waals surface area contributed by atoms with Crippen molar-refractivity contribution in [3.63, 3.8) is 0 Å². The molecule has 1 unspecified atom stereocenters. The van der Waals surface area contributed by atoms with Crippen molar-refractivity contribution in [1.29, 1.82) is 0 Å². The Bertz CT molecular complexity index is 187. The van der Waals surface area contributed by atoms with Gasteiger partial charge in [0.1, 0.15) is 0 Å². The first-order valence-electron chi connectivity index (χ1n) is 4.44. The molecule has 1 aliphatic rings. The average molecular weight is 192 g/mol. The summed E-state index contributed by atoms with van der Waals surface area (Å²) in [6.45, 7) is 0.698. The van der Waals surface area contributed by atoms with Gasteiger partial charge in [-0.3, -0.25) is 4.79 Å². The molecule has 0 spiro atoms. The number of halogens is 2. The van der Waals surface area contributed by atoms with E-state index in [-0.39, 0.29) is 18.9 Å². The number of piperidine rings is 1. The Morgan fingerprint density at radius 1 is 1.62 bits per heavy atom. The van der Waals surface area contributed by atoms with Gasteiger partial charge in [0.05, 0.1) is 6.04 Å². The first kappa shape index (κ1) is 10.4. The molecule has 0 aliphatic carbocycles. The van der Waals surface area contributed by atoms with E-state index < -0.39 is 12.5 Å². The monoisotopic (exact) mass is 192 g/mol. The predicted molar refractivity (Wildman–Crippen MR) is 44.4 cm³/mol. The summed E-state index contributed by atoms with van der Waals surface area (Å²) in [5.41, 5.74) is 5.50. The molecule has 13 heavy (non-hydrogen) atoms. The molecule has 1 saturated heterocycles. The standard InChI is InChI=1S/C8H14F2N2O/c9-7(10)3-5-12-4-1-2-6(11)8(12)13/h6-7H,1-5,11H2. The maximum absolute atomic E-state index is 11.8. The second-order valence-electron chi connectivity index (χ2n) is 3.25. The molecule has 5 heteroatoms. The van der Waals surface area contributed by atoms with Gasteiger partial charge in [0.2, 0.25) is 12.3 Å². The van der Waals surface area contributed by atoms with Gasteiger partial charge >= 0.3 is 0 Å². The minimum absolute atomic E-state index is 0.129. The lowest BCUT2D eigenvalue weighted by Crippen LogP contribution is -2.48. The van der Waals surface area contributed by atoms with Gasteiger partial charge in [-0.05, 0) is 12.8 Å². The Labute approximate surface area is 75.9 Å². The molecule has 0 aromatic carbocycles. The topological polar surface area (TPSA) is 46.3 Å². The van der Waals surface area contributed by atoms with Crippen molar-refractivity contribution in [3.8, 4) is 0 Å². The summed E-state index contributed by atoms with van der Waals surface area (Å²) < 4.78 is 23.7. The van der Waals surface area contributed by atoms with Gasteiger partial charge in [0.15, 0.2) is 0 Å². The van der Waals surface area contributed by atoms with Crippen LogP contribution in [0.3, 0.4) is 0 Å². The van der Waals surface area contributed by atoms with Crippen LogP contribution in [0.25, 0.3) is 0 Å². The molecule has 1 fully saturated rings. The third-order valence-electron chi connectivity index (χ3n) is 2.19. The number of amides is 1. The normalized spacial score (nSPS) is 24.2. The van der Waals surface area contributed by atoms with Crippen molar-refractivity contribution in [3.05, 3.63) is 0 Å². The van der Waals surface area contributed by atoms with Crippen LogP contribution in [-0.2, 0) is 4.79 Å². The van der Waals surface area contributed by atoms with Crippen LogP contribution in [0.15, 0.2) is 0 Å². The van der Waals surface area contributed by atoms with E-state index in [0.29, 0.717) is 13.0 Å². The van der Waals surface area contributed by atoms with Gasteiger partial charge < -0.3 is 10.6 Å². The molecule has 0 saturated carbocycles. The summed E-state index contributed by atoms with van der Waals surface area (Å²) in [4.78, 5) is 12.7. The van der Waals surface area contributed by atoms with Crippen LogP contribution in [0.2, 0.25) is 0 Å². The zero-order chi connectivity index (χ0) is 9.84. The second kappa shape index (κ2) is 4.50. The number of carbonyl (C=O) groups is 1. The molecule has 1 rings (SSSR count). The fraction of sp³-hybridized carbons (Fsp3) is 0.875. The lowest BCUT2D eigenvalue weighted by molar-refractivity contribution is -0.135. The molecule has 1 amide bonds. The third-order valence-corrected chi connectivity index (χ3v) is 2.19. The average Bonchev–Trinajstić information content (AvgIpc) is 2.07. The van der Waals surface area contributed by atoms with Gasteiger partial charge in [-0.1, -0.05) is 0 Å². The van der Waals surface area contributed by atoms with Crippen LogP contribution in [0.1, 0.15) is 19.3 Å². The van der Waals surface area contributed by atoms with Crippen LogP contribution in [0.4, 0.5) is 8.78 Å². The Balaban J connectivity index is 2.35. The second-order valence-corrected chi connectivity index (χ2v) is 3.25. The van der Waals surface area contributed by atoms with Gasteiger partial charge in [-0.25, -0.2) is 8.78 Å². The molecule has 76 valence electrons. The number of likely N-dealkylation sites (tertiary alicyclic amines) is 1. The van der Waals surface area contributed by atoms with Crippen LogP contribution >= 0.6 is 0 Å². The van der Waals surface area contributed by atoms with E-state index in [1.807, 2.05) is 0 Å². The van der Waals surface area contributed by atoms with Crippen LogP contribution in [-0.4, -0.2) is 36.4 Å². The minimum atomic E-state index is -2.34. The number of hydrogen-bond acceptors (Lipinski definition) is 2. The van der Waals surface area contributed by atoms with Crippen molar-refractivity contribution in [2.24, 2.45) is 5.73 Å². The van der Waals surface area contributed by atoms with Crippen molar-refractivity contribution >= 4 is 5.91 Å². The van der Waals surface area contributed by atoms with Crippen molar-refractivity contribution in [2.75, 3.05) is 13.1 Å². The van der Waals surface area contributed by atoms with Crippen LogP contribution in [0, 0.1) is 0 Å². The molecule has 2 N–H and O–H groups in total. The van der Waals surface area contributed by atoms with Crippen LogP contribution < -0.4 is 5.73 Å². The summed E-state index contributed by atoms with van der Waals surface area (Å²) >= 11 is 0. The molecular weight excluding hydrogens is 178 g/mol. The number of carbonyl (C=O) groups excluding carboxylic acids is 1. The Morgan fingerprint density at radius 2 is 2.31 bits per heavy atom. The quantitative estimate of drug-likeness (QED) is 0.711. The highest BCUT2D eigenvalue weighted by molar-refractivity contribution is 5.82. The molecule has 0 bridgehead atoms. The molecule has 0 aromatic heterocycles. The molecule has 1 aliphatic heterocycles. The summed E-state index contributed by atoms with van der Waals surface area (Å²) in [5.74, 6) is -0.188. The summed E-state index contributed by atoms with van der Waals surface area (Å²) in [7, 11) is 0. The molecular formula is C8H14F2N2O. The number of hydrogen-bond donors (Lipinski definition) is 1. The zero-order valence-electron chi connectivity index (χ0n) is 7.38. The third kappa shape index (κ3) is 2.91. The van der Waals surface area contributed by atoms with Gasteiger partial charge in [0.25, 0.3) is 0 Å². The van der Waals surface area contributed by atoms with E-state index in [4.69, 9.17) is 5.73 Å². The number of nitrogens with two attached hydrogens (primary N) is 1. The number of nitrogens with zero attached hydrogens (tertiary/aromatic N) is 1. The predicted octanol–water partition coefficient (Wildman–Crippen LogP) is 0.591. The van der Waals surface area contributed by atoms with Gasteiger partial charge in [-0.15, -0.1) is 0 Å². The SMILES string of the molecule is NC1CCCN(CCC(F)F)C1=O. The van der Waals surface area contributed by atoms with E-state index in [1.165, 1.54) is 4.90 Å². The van der Waals surface area contributed by atoms with Crippen molar-refractivity contribution in [2.45, 2.75) is 31.7 Å². The van der Waals surface area contributed by atoms with E-state index >= 15 is 0 Å². The van der Waals surface area contributed by atoms with E-state index in [2.05, 4.69) is 0 Å². The summed E-state index contributed by atoms with van der Waals surface area (Å²) in [6.07, 6.45) is -1.11. The Hall–Kier alpha value is -0.710. The van der Waals surface area contributed by atoms with E-state index in [1.54, 1.807) is 0 Å². The van der Waals surface area contributed by atoms with Crippen molar-refractivity contribution in [1.82, 2.24) is 4.90 Å². The highest BCUT2D eigenvalue weighted by Crippen LogP contribution is 2.11. The minimum Gasteiger partial charge on any atom is -0.341 e. The lowest BCUT2D eigenvalue weighted by atomic mass is 10.1. The number of rotatable bonds is 3. The van der Waals surface area contributed by atoms with Crippen LogP contribution in [0.5, 0.6) is 0 Å². The molecule has 3 nitrogen and oxygen atoms in total. The largest absolute Gasteiger partial charge is 0.341 e. The molecule has 1 atom stereocenters. The zero-order valence-corrected chi connectivity index (χ0v) is 7.38. The summed E-state index contributed by atoms with van der Waals surface area (Å²) in [5, 5.41) is 0. The van der Waals surface area contributed by atoms with Crippen molar-refractivity contribution < 1.29 is 13.6 Å². The van der Waals surface area contributed by atoms with E-state index in [0.717, 1.165) is 6.42 Å². The first-order chi connectivity index (χ1) is 6.11. The Morgan fingerprint density at radius 3 is 2.92 bits per heavy atom. The maximum Gasteiger partial charge on any atom is 0.240 e. The first-order valence-corrected chi connectivity index (χ1v) is 4.44. The number of alkyl halides is 2. The maximum atomic E-state index is 11.8. The molecule has 0 aromatic rings. The van der Waals surface area contributed by atoms with E-state index in [9.17, 15) is 13.6 Å². The smallest absolute Gasteiger partial charge is 0.240 e. The van der Waals surface area contributed by atoms with Gasteiger partial charge in [0, 0.05) is 19.5 Å². The summed E-state index contributed by atoms with van der Waals surface area (Å²) in [6, 6.07) is -0.480. The Kier molecular flexibility index (Phi) is 3.59.